The van der Waals surface area contributed by atoms with Gasteiger partial charge in [-0.3, -0.25) is 19.6 Å². The fourth-order valence-electron chi connectivity index (χ4n) is 7.70. The molecule has 9 nitrogen and oxygen atoms in total. The zero-order chi connectivity index (χ0) is 39.8. The summed E-state index contributed by atoms with van der Waals surface area (Å²) >= 11 is 0. The van der Waals surface area contributed by atoms with E-state index in [1.54, 1.807) is 25.2 Å². The number of nitrogens with one attached hydrogen (secondary N) is 2. The maximum Gasteiger partial charge on any atom is 0.254 e. The number of rotatable bonds is 17. The van der Waals surface area contributed by atoms with E-state index < -0.39 is 0 Å². The SMILES string of the molecule is C=CCCC(C(=C)NC)N(C)C(=O)C1=CC(NC2CC(Cc3ccc(C(C)(C)c4ccc(Cc5cnc(C6=NCC(C)=N6)cn5)cc4)cc3)C2)=CCC=C1C=O. The smallest absolute Gasteiger partial charge is 0.254 e. The maximum atomic E-state index is 13.8. The molecule has 2 aliphatic carbocycles. The second-order valence-corrected chi connectivity index (χ2v) is 15.8. The van der Waals surface area contributed by atoms with Gasteiger partial charge in [-0.15, -0.1) is 6.58 Å². The van der Waals surface area contributed by atoms with Gasteiger partial charge in [-0.05, 0) is 79.7 Å². The molecule has 2 N–H and O–H groups in total. The molecule has 9 heteroatoms. The van der Waals surface area contributed by atoms with E-state index in [-0.39, 0.29) is 17.4 Å². The molecule has 56 heavy (non-hydrogen) atoms. The zero-order valence-corrected chi connectivity index (χ0v) is 33.5. The minimum absolute atomic E-state index is 0.147. The van der Waals surface area contributed by atoms with Crippen molar-refractivity contribution in [2.24, 2.45) is 15.9 Å². The van der Waals surface area contributed by atoms with Gasteiger partial charge < -0.3 is 15.5 Å². The number of allylic oxidation sites excluding steroid dienone is 4. The molecule has 3 aliphatic rings. The summed E-state index contributed by atoms with van der Waals surface area (Å²) in [4.78, 5) is 45.6. The van der Waals surface area contributed by atoms with E-state index in [2.05, 4.69) is 112 Å². The largest absolute Gasteiger partial charge is 0.390 e. The summed E-state index contributed by atoms with van der Waals surface area (Å²) in [7, 11) is 3.58. The van der Waals surface area contributed by atoms with Crippen LogP contribution < -0.4 is 10.6 Å². The molecule has 1 amide bonds. The average Bonchev–Trinajstić information content (AvgIpc) is 3.52. The van der Waals surface area contributed by atoms with E-state index in [4.69, 9.17) is 0 Å². The van der Waals surface area contributed by atoms with E-state index in [1.165, 1.54) is 22.3 Å². The summed E-state index contributed by atoms with van der Waals surface area (Å²) < 4.78 is 0. The normalized spacial score (nSPS) is 18.5. The molecule has 1 aromatic heterocycles. The van der Waals surface area contributed by atoms with Gasteiger partial charge in [0.05, 0.1) is 30.1 Å². The number of aliphatic imine (C=N–C) groups is 2. The molecule has 1 atom stereocenters. The van der Waals surface area contributed by atoms with Gasteiger partial charge >= 0.3 is 0 Å². The van der Waals surface area contributed by atoms with Crippen molar-refractivity contribution < 1.29 is 9.59 Å². The Hall–Kier alpha value is -5.70. The number of carbonyl (C=O) groups excluding carboxylic acids is 2. The van der Waals surface area contributed by atoms with Gasteiger partial charge in [0.1, 0.15) is 5.69 Å². The van der Waals surface area contributed by atoms with Gasteiger partial charge in [0, 0.05) is 60.8 Å². The molecule has 1 fully saturated rings. The lowest BCUT2D eigenvalue weighted by Crippen LogP contribution is -2.42. The highest BCUT2D eigenvalue weighted by Gasteiger charge is 2.31. The molecule has 1 unspecified atom stereocenters. The van der Waals surface area contributed by atoms with Crippen LogP contribution >= 0.6 is 0 Å². The third-order valence-corrected chi connectivity index (χ3v) is 11.4. The molecule has 3 aromatic rings. The molecule has 0 spiro atoms. The molecule has 1 aliphatic heterocycles. The molecule has 2 aromatic carbocycles. The number of aldehydes is 1. The Labute approximate surface area is 332 Å². The van der Waals surface area contributed by atoms with Crippen molar-refractivity contribution in [3.8, 4) is 0 Å². The molecular formula is C47H55N7O2. The number of hydrogen-bond acceptors (Lipinski definition) is 8. The Kier molecular flexibility index (Phi) is 12.7. The topological polar surface area (TPSA) is 112 Å². The first-order valence-electron chi connectivity index (χ1n) is 19.7. The first kappa shape index (κ1) is 40.0. The van der Waals surface area contributed by atoms with Crippen molar-refractivity contribution in [2.45, 2.75) is 83.2 Å². The lowest BCUT2D eigenvalue weighted by Gasteiger charge is -2.37. The monoisotopic (exact) mass is 749 g/mol. The van der Waals surface area contributed by atoms with E-state index in [9.17, 15) is 9.59 Å². The zero-order valence-electron chi connectivity index (χ0n) is 33.5. The van der Waals surface area contributed by atoms with Crippen molar-refractivity contribution in [1.82, 2.24) is 25.5 Å². The van der Waals surface area contributed by atoms with Crippen molar-refractivity contribution >= 4 is 23.7 Å². The third kappa shape index (κ3) is 9.39. The fraction of sp³-hybridized carbons (Fsp3) is 0.362. The molecule has 0 radical (unpaired) electrons. The standard InChI is InChI=1S/C47H55N7O2/c1-8-9-13-44(32(3)48-6)54(7)46(56)42-26-39(12-10-11-36(42)30-55)53-40-24-35(25-40)22-33-14-18-37(19-15-33)47(4,5)38-20-16-34(17-21-38)23-41-28-50-43(29-49-41)45-51-27-31(2)52-45/h8,11-12,14-21,26,28-30,35,40,44,48,53H,1,3,9-10,13,22-25,27H2,2,4-7H3. The highest BCUT2D eigenvalue weighted by molar-refractivity contribution is 6.10. The molecule has 6 rings (SSSR count). The Morgan fingerprint density at radius 2 is 1.71 bits per heavy atom. The predicted molar refractivity (Wildman–Crippen MR) is 227 cm³/mol. The number of amidine groups is 1. The second-order valence-electron chi connectivity index (χ2n) is 15.8. The Morgan fingerprint density at radius 3 is 2.30 bits per heavy atom. The first-order chi connectivity index (χ1) is 27.0. The molecule has 0 bridgehead atoms. The first-order valence-corrected chi connectivity index (χ1v) is 19.7. The Balaban J connectivity index is 1.01. The van der Waals surface area contributed by atoms with Crippen LogP contribution in [0.4, 0.5) is 0 Å². The van der Waals surface area contributed by atoms with Crippen molar-refractivity contribution in [3.63, 3.8) is 0 Å². The van der Waals surface area contributed by atoms with Crippen LogP contribution in [-0.4, -0.2) is 71.3 Å². The van der Waals surface area contributed by atoms with Crippen LogP contribution in [0.2, 0.25) is 0 Å². The lowest BCUT2D eigenvalue weighted by atomic mass is 9.75. The van der Waals surface area contributed by atoms with Crippen LogP contribution in [0.25, 0.3) is 0 Å². The van der Waals surface area contributed by atoms with Gasteiger partial charge in [0.25, 0.3) is 5.91 Å². The van der Waals surface area contributed by atoms with E-state index in [0.29, 0.717) is 60.4 Å². The molecule has 2 heterocycles. The van der Waals surface area contributed by atoms with E-state index in [1.807, 2.05) is 31.3 Å². The van der Waals surface area contributed by atoms with Crippen LogP contribution in [0.3, 0.4) is 0 Å². The minimum atomic E-state index is -0.225. The van der Waals surface area contributed by atoms with Gasteiger partial charge in [-0.1, -0.05) is 87.2 Å². The number of amides is 1. The van der Waals surface area contributed by atoms with Crippen LogP contribution in [0.1, 0.15) is 86.5 Å². The van der Waals surface area contributed by atoms with Gasteiger partial charge in [0.15, 0.2) is 12.1 Å². The summed E-state index contributed by atoms with van der Waals surface area (Å²) in [6.07, 6.45) is 17.8. The van der Waals surface area contributed by atoms with Crippen molar-refractivity contribution in [2.75, 3.05) is 20.6 Å². The quantitative estimate of drug-likeness (QED) is 0.110. The number of nitrogens with zero attached hydrogens (tertiary/aromatic N) is 5. The lowest BCUT2D eigenvalue weighted by molar-refractivity contribution is -0.127. The summed E-state index contributed by atoms with van der Waals surface area (Å²) in [5.74, 6) is 1.04. The third-order valence-electron chi connectivity index (χ3n) is 11.4. The van der Waals surface area contributed by atoms with E-state index >= 15 is 0 Å². The highest BCUT2D eigenvalue weighted by atomic mass is 16.2. The Morgan fingerprint density at radius 1 is 1.02 bits per heavy atom. The highest BCUT2D eigenvalue weighted by Crippen LogP contribution is 2.35. The molecule has 1 saturated carbocycles. The van der Waals surface area contributed by atoms with Crippen LogP contribution in [0, 0.1) is 5.92 Å². The average molecular weight is 750 g/mol. The summed E-state index contributed by atoms with van der Waals surface area (Å²) in [5.41, 5.74) is 10.0. The Bertz CT molecular complexity index is 2080. The van der Waals surface area contributed by atoms with Gasteiger partial charge in [0.2, 0.25) is 0 Å². The summed E-state index contributed by atoms with van der Waals surface area (Å²) in [5, 5.41) is 6.76. The molecular weight excluding hydrogens is 695 g/mol. The number of carbonyl (C=O) groups is 2. The van der Waals surface area contributed by atoms with Gasteiger partial charge in [-0.2, -0.15) is 0 Å². The van der Waals surface area contributed by atoms with Gasteiger partial charge in [-0.25, -0.2) is 9.98 Å². The van der Waals surface area contributed by atoms with Crippen LogP contribution in [0.5, 0.6) is 0 Å². The number of hydrogen-bond donors (Lipinski definition) is 2. The van der Waals surface area contributed by atoms with Crippen molar-refractivity contribution in [1.29, 1.82) is 0 Å². The summed E-state index contributed by atoms with van der Waals surface area (Å²) in [6.45, 7) is 15.1. The molecule has 290 valence electrons. The number of likely N-dealkylation sites (N-methyl/N-ethyl adjacent to an activating group) is 2. The fourth-order valence-corrected chi connectivity index (χ4v) is 7.70. The summed E-state index contributed by atoms with van der Waals surface area (Å²) in [6, 6.07) is 18.0. The maximum absolute atomic E-state index is 13.8. The van der Waals surface area contributed by atoms with Crippen LogP contribution in [-0.2, 0) is 27.8 Å². The minimum Gasteiger partial charge on any atom is -0.390 e. The van der Waals surface area contributed by atoms with Crippen molar-refractivity contribution in [3.05, 3.63) is 155 Å². The predicted octanol–water partition coefficient (Wildman–Crippen LogP) is 7.39. The van der Waals surface area contributed by atoms with Crippen LogP contribution in [0.15, 0.2) is 131 Å². The number of benzene rings is 2. The van der Waals surface area contributed by atoms with E-state index in [0.717, 1.165) is 54.8 Å². The molecule has 0 saturated heterocycles. The number of aromatic nitrogens is 2. The second kappa shape index (κ2) is 17.8.